The Kier molecular flexibility index (Phi) is 2.53. The van der Waals surface area contributed by atoms with Crippen LogP contribution < -0.4 is 5.32 Å². The van der Waals surface area contributed by atoms with Gasteiger partial charge in [-0.25, -0.2) is 5.53 Å². The average molecular weight is 180 g/mol. The second-order valence-electron chi connectivity index (χ2n) is 2.32. The van der Waals surface area contributed by atoms with E-state index in [0.29, 0.717) is 11.4 Å². The number of anilines is 1. The predicted octanol–water partition coefficient (Wildman–Crippen LogP) is 2.30. The zero-order valence-corrected chi connectivity index (χ0v) is 6.94. The number of nitro groups is 1. The van der Waals surface area contributed by atoms with Crippen LogP contribution in [0.5, 0.6) is 0 Å². The van der Waals surface area contributed by atoms with Gasteiger partial charge in [0, 0.05) is 19.2 Å². The largest absolute Gasteiger partial charge is 0.386 e. The maximum atomic E-state index is 10.4. The van der Waals surface area contributed by atoms with Crippen molar-refractivity contribution in [3.8, 4) is 0 Å². The zero-order chi connectivity index (χ0) is 9.84. The van der Waals surface area contributed by atoms with Crippen molar-refractivity contribution in [3.05, 3.63) is 28.3 Å². The van der Waals surface area contributed by atoms with Gasteiger partial charge < -0.3 is 5.32 Å². The molecular weight excluding hydrogens is 172 g/mol. The van der Waals surface area contributed by atoms with Crippen LogP contribution in [0, 0.1) is 15.6 Å². The van der Waals surface area contributed by atoms with E-state index in [1.54, 1.807) is 7.05 Å². The molecule has 0 saturated heterocycles. The highest BCUT2D eigenvalue weighted by Gasteiger charge is 2.08. The monoisotopic (exact) mass is 180 g/mol. The molecule has 0 aliphatic carbocycles. The van der Waals surface area contributed by atoms with Crippen molar-refractivity contribution in [3.63, 3.8) is 0 Å². The van der Waals surface area contributed by atoms with Crippen LogP contribution >= 0.6 is 0 Å². The molecule has 1 rings (SSSR count). The van der Waals surface area contributed by atoms with Gasteiger partial charge in [0.25, 0.3) is 5.69 Å². The number of hydrogen-bond acceptors (Lipinski definition) is 5. The molecule has 0 spiro atoms. The van der Waals surface area contributed by atoms with Crippen LogP contribution in [0.3, 0.4) is 0 Å². The molecule has 6 nitrogen and oxygen atoms in total. The molecule has 0 aliphatic rings. The topological polar surface area (TPSA) is 91.4 Å². The van der Waals surface area contributed by atoms with E-state index in [9.17, 15) is 10.1 Å². The first-order chi connectivity index (χ1) is 6.19. The zero-order valence-electron chi connectivity index (χ0n) is 6.94. The average Bonchev–Trinajstić information content (AvgIpc) is 2.16. The smallest absolute Gasteiger partial charge is 0.271 e. The normalized spacial score (nSPS) is 9.31. The van der Waals surface area contributed by atoms with E-state index >= 15 is 0 Å². The van der Waals surface area contributed by atoms with Crippen molar-refractivity contribution in [1.82, 2.24) is 0 Å². The molecule has 0 atom stereocenters. The maximum Gasteiger partial charge on any atom is 0.271 e. The molecule has 1 aromatic rings. The van der Waals surface area contributed by atoms with Crippen LogP contribution in [-0.4, -0.2) is 12.0 Å². The summed E-state index contributed by atoms with van der Waals surface area (Å²) in [5.41, 5.74) is 7.62. The number of nitrogens with one attached hydrogen (secondary N) is 2. The molecule has 0 saturated carbocycles. The van der Waals surface area contributed by atoms with Crippen LogP contribution in [0.1, 0.15) is 0 Å². The van der Waals surface area contributed by atoms with Crippen LogP contribution in [0.15, 0.2) is 23.3 Å². The quantitative estimate of drug-likeness (QED) is 0.424. The first kappa shape index (κ1) is 9.11. The standard InChI is InChI=1S/C7H8N4O2/c1-9-7-4-5(11(12)13)2-3-6(7)10-8/h2-4,8-9H,1H3. The molecule has 0 unspecified atom stereocenters. The van der Waals surface area contributed by atoms with Gasteiger partial charge in [-0.1, -0.05) is 0 Å². The van der Waals surface area contributed by atoms with E-state index in [2.05, 4.69) is 10.4 Å². The summed E-state index contributed by atoms with van der Waals surface area (Å²) in [4.78, 5) is 9.88. The Labute approximate surface area is 74.2 Å². The lowest BCUT2D eigenvalue weighted by Crippen LogP contribution is -1.92. The number of non-ortho nitro benzene ring substituents is 1. The maximum absolute atomic E-state index is 10.4. The van der Waals surface area contributed by atoms with E-state index < -0.39 is 4.92 Å². The van der Waals surface area contributed by atoms with E-state index in [1.165, 1.54) is 18.2 Å². The van der Waals surface area contributed by atoms with Crippen LogP contribution in [0.2, 0.25) is 0 Å². The van der Waals surface area contributed by atoms with Crippen molar-refractivity contribution in [2.75, 3.05) is 12.4 Å². The molecule has 6 heteroatoms. The molecule has 0 aromatic heterocycles. The van der Waals surface area contributed by atoms with Crippen molar-refractivity contribution >= 4 is 17.1 Å². The van der Waals surface area contributed by atoms with Gasteiger partial charge >= 0.3 is 0 Å². The fourth-order valence-corrected chi connectivity index (χ4v) is 0.935. The lowest BCUT2D eigenvalue weighted by atomic mass is 10.2. The summed E-state index contributed by atoms with van der Waals surface area (Å²) in [5, 5.41) is 16.3. The van der Waals surface area contributed by atoms with Gasteiger partial charge in [-0.2, -0.15) is 5.11 Å². The summed E-state index contributed by atoms with van der Waals surface area (Å²) in [7, 11) is 1.62. The summed E-state index contributed by atoms with van der Waals surface area (Å²) >= 11 is 0. The third-order valence-electron chi connectivity index (χ3n) is 1.58. The van der Waals surface area contributed by atoms with Gasteiger partial charge in [-0.15, -0.1) is 0 Å². The van der Waals surface area contributed by atoms with Crippen LogP contribution in [0.25, 0.3) is 0 Å². The molecule has 0 fully saturated rings. The van der Waals surface area contributed by atoms with E-state index in [4.69, 9.17) is 5.53 Å². The van der Waals surface area contributed by atoms with Crippen LogP contribution in [-0.2, 0) is 0 Å². The summed E-state index contributed by atoms with van der Waals surface area (Å²) in [6, 6.07) is 4.08. The second kappa shape index (κ2) is 3.61. The Hall–Kier alpha value is -1.98. The minimum Gasteiger partial charge on any atom is -0.386 e. The molecule has 1 aromatic carbocycles. The predicted molar refractivity (Wildman–Crippen MR) is 47.5 cm³/mol. The number of benzene rings is 1. The van der Waals surface area contributed by atoms with Gasteiger partial charge in [0.15, 0.2) is 0 Å². The molecule has 0 bridgehead atoms. The highest BCUT2D eigenvalue weighted by atomic mass is 16.6. The minimum atomic E-state index is -0.492. The first-order valence-electron chi connectivity index (χ1n) is 3.52. The van der Waals surface area contributed by atoms with E-state index in [-0.39, 0.29) is 5.69 Å². The number of hydrogen-bond donors (Lipinski definition) is 2. The summed E-state index contributed by atoms with van der Waals surface area (Å²) in [5.74, 6) is 0. The number of nitrogens with zero attached hydrogens (tertiary/aromatic N) is 2. The molecule has 0 amide bonds. The Morgan fingerprint density at radius 3 is 2.77 bits per heavy atom. The van der Waals surface area contributed by atoms with Gasteiger partial charge in [0.1, 0.15) is 5.69 Å². The molecule has 2 N–H and O–H groups in total. The highest BCUT2D eigenvalue weighted by Crippen LogP contribution is 2.28. The molecule has 68 valence electrons. The second-order valence-corrected chi connectivity index (χ2v) is 2.32. The van der Waals surface area contributed by atoms with Gasteiger partial charge in [0.2, 0.25) is 0 Å². The van der Waals surface area contributed by atoms with E-state index in [1.807, 2.05) is 0 Å². The van der Waals surface area contributed by atoms with Gasteiger partial charge in [-0.05, 0) is 6.07 Å². The molecule has 0 heterocycles. The van der Waals surface area contributed by atoms with Crippen molar-refractivity contribution < 1.29 is 4.92 Å². The molecule has 13 heavy (non-hydrogen) atoms. The third-order valence-corrected chi connectivity index (χ3v) is 1.58. The Morgan fingerprint density at radius 1 is 1.62 bits per heavy atom. The number of nitro benzene ring substituents is 1. The summed E-state index contributed by atoms with van der Waals surface area (Å²) in [6.07, 6.45) is 0. The van der Waals surface area contributed by atoms with Crippen molar-refractivity contribution in [1.29, 1.82) is 5.53 Å². The number of rotatable bonds is 3. The molecule has 0 aliphatic heterocycles. The summed E-state index contributed by atoms with van der Waals surface area (Å²) < 4.78 is 0. The summed E-state index contributed by atoms with van der Waals surface area (Å²) in [6.45, 7) is 0. The van der Waals surface area contributed by atoms with Gasteiger partial charge in [0.05, 0.1) is 10.6 Å². The van der Waals surface area contributed by atoms with Gasteiger partial charge in [-0.3, -0.25) is 10.1 Å². The lowest BCUT2D eigenvalue weighted by Gasteiger charge is -2.02. The third kappa shape index (κ3) is 1.78. The SMILES string of the molecule is CNc1cc([N+](=O)[O-])ccc1N=N. The Morgan fingerprint density at radius 2 is 2.31 bits per heavy atom. The lowest BCUT2D eigenvalue weighted by molar-refractivity contribution is -0.384. The molecule has 0 radical (unpaired) electrons. The minimum absolute atomic E-state index is 0.0169. The first-order valence-corrected chi connectivity index (χ1v) is 3.52. The Bertz CT molecular complexity index is 350. The fourth-order valence-electron chi connectivity index (χ4n) is 0.935. The Balaban J connectivity index is 3.20. The van der Waals surface area contributed by atoms with Crippen molar-refractivity contribution in [2.45, 2.75) is 0 Å². The fraction of sp³-hybridized carbons (Fsp3) is 0.143. The highest BCUT2D eigenvalue weighted by molar-refractivity contribution is 5.68. The van der Waals surface area contributed by atoms with Crippen LogP contribution in [0.4, 0.5) is 17.1 Å². The molecular formula is C7H8N4O2. The van der Waals surface area contributed by atoms with E-state index in [0.717, 1.165) is 0 Å². The van der Waals surface area contributed by atoms with Crippen molar-refractivity contribution in [2.24, 2.45) is 5.11 Å².